The Kier molecular flexibility index (Phi) is 10.6. The summed E-state index contributed by atoms with van der Waals surface area (Å²) in [4.78, 5) is 53.5. The minimum absolute atomic E-state index is 0.107. The smallest absolute Gasteiger partial charge is 0.309 e. The van der Waals surface area contributed by atoms with E-state index in [4.69, 9.17) is 4.74 Å². The van der Waals surface area contributed by atoms with Crippen molar-refractivity contribution in [1.29, 1.82) is 0 Å². The summed E-state index contributed by atoms with van der Waals surface area (Å²) in [6.07, 6.45) is 7.87. The van der Waals surface area contributed by atoms with Gasteiger partial charge in [0.15, 0.2) is 0 Å². The summed E-state index contributed by atoms with van der Waals surface area (Å²) >= 11 is 0. The molecule has 9 heteroatoms. The Morgan fingerprint density at radius 3 is 2.31 bits per heavy atom. The van der Waals surface area contributed by atoms with Crippen molar-refractivity contribution in [2.24, 2.45) is 11.8 Å². The zero-order valence-electron chi connectivity index (χ0n) is 25.4. The summed E-state index contributed by atoms with van der Waals surface area (Å²) in [5.41, 5.74) is 0.866. The van der Waals surface area contributed by atoms with Crippen LogP contribution in [0.4, 0.5) is 5.69 Å². The number of ether oxygens (including phenoxy) is 1. The van der Waals surface area contributed by atoms with Gasteiger partial charge in [0.25, 0.3) is 5.91 Å². The second kappa shape index (κ2) is 15.0. The third-order valence-electron chi connectivity index (χ3n) is 8.78. The molecule has 236 valence electrons. The number of carbonyl (C=O) groups is 4. The number of hydrogen-bond acceptors (Lipinski definition) is 6. The van der Waals surface area contributed by atoms with Crippen LogP contribution in [-0.4, -0.2) is 53.6 Å². The number of fused-ring (bicyclic) bond motifs is 1. The van der Waals surface area contributed by atoms with E-state index in [-0.39, 0.29) is 32.0 Å². The van der Waals surface area contributed by atoms with Crippen molar-refractivity contribution in [3.8, 4) is 0 Å². The molecule has 0 bridgehead atoms. The van der Waals surface area contributed by atoms with E-state index in [1.807, 2.05) is 78.9 Å². The van der Waals surface area contributed by atoms with Gasteiger partial charge in [-0.05, 0) is 60.6 Å². The number of esters is 1. The van der Waals surface area contributed by atoms with E-state index in [1.54, 1.807) is 6.07 Å². The normalized spacial score (nSPS) is 22.0. The van der Waals surface area contributed by atoms with Gasteiger partial charge in [0, 0.05) is 12.1 Å². The van der Waals surface area contributed by atoms with E-state index in [9.17, 15) is 24.3 Å². The summed E-state index contributed by atoms with van der Waals surface area (Å²) in [7, 11) is 0. The van der Waals surface area contributed by atoms with Crippen LogP contribution in [-0.2, 0) is 30.3 Å². The molecule has 9 nitrogen and oxygen atoms in total. The van der Waals surface area contributed by atoms with Crippen LogP contribution >= 0.6 is 0 Å². The Morgan fingerprint density at radius 2 is 1.58 bits per heavy atom. The first-order valence-corrected chi connectivity index (χ1v) is 15.7. The largest absolute Gasteiger partial charge is 0.463 e. The highest BCUT2D eigenvalue weighted by molar-refractivity contribution is 5.99. The van der Waals surface area contributed by atoms with E-state index in [1.165, 1.54) is 0 Å². The van der Waals surface area contributed by atoms with Crippen LogP contribution in [0.5, 0.6) is 0 Å². The number of nitrogens with one attached hydrogen (secondary N) is 3. The topological polar surface area (TPSA) is 134 Å². The predicted octanol–water partition coefficient (Wildman–Crippen LogP) is 4.44. The fraction of sp³-hybridized carbons (Fsp3) is 0.389. The number of rotatable bonds is 8. The van der Waals surface area contributed by atoms with Crippen molar-refractivity contribution in [2.75, 3.05) is 18.5 Å². The molecular weight excluding hydrogens is 570 g/mol. The van der Waals surface area contributed by atoms with E-state index in [0.717, 1.165) is 29.2 Å². The number of aliphatic hydroxyl groups is 1. The highest BCUT2D eigenvalue weighted by Gasteiger charge is 2.36. The van der Waals surface area contributed by atoms with Gasteiger partial charge in [0.2, 0.25) is 11.8 Å². The second-order valence-corrected chi connectivity index (χ2v) is 12.2. The summed E-state index contributed by atoms with van der Waals surface area (Å²) in [5.74, 6) is -3.06. The Labute approximate surface area is 263 Å². The summed E-state index contributed by atoms with van der Waals surface area (Å²) in [6.45, 7) is -0.508. The lowest BCUT2D eigenvalue weighted by Gasteiger charge is -2.29. The molecule has 1 fully saturated rings. The summed E-state index contributed by atoms with van der Waals surface area (Å²) in [6, 6.07) is 21.7. The van der Waals surface area contributed by atoms with E-state index in [2.05, 4.69) is 16.0 Å². The Bertz CT molecular complexity index is 1530. The van der Waals surface area contributed by atoms with Gasteiger partial charge in [-0.3, -0.25) is 19.2 Å². The van der Waals surface area contributed by atoms with E-state index >= 15 is 0 Å². The highest BCUT2D eigenvalue weighted by atomic mass is 16.5. The maximum absolute atomic E-state index is 13.6. The molecule has 1 aliphatic heterocycles. The minimum Gasteiger partial charge on any atom is -0.463 e. The van der Waals surface area contributed by atoms with Crippen LogP contribution in [0.1, 0.15) is 50.5 Å². The maximum atomic E-state index is 13.6. The van der Waals surface area contributed by atoms with E-state index in [0.29, 0.717) is 31.4 Å². The van der Waals surface area contributed by atoms with Crippen LogP contribution < -0.4 is 16.0 Å². The third kappa shape index (κ3) is 8.57. The number of allylic oxidation sites excluding steroid dienone is 2. The number of amides is 3. The zero-order valence-corrected chi connectivity index (χ0v) is 25.4. The number of aliphatic hydroxyl groups excluding tert-OH is 1. The molecular formula is C36H41N3O6. The standard InChI is InChI=1S/C36H41N3O6/c40-24-36(18-8-9-19-36)39-32(41)22-28-14-6-7-15-29(20-25-10-2-1-3-11-25)35(44)45-23-31(38-33(28)42)34(43)37-30-17-16-26-12-4-5-13-27(26)21-30/h1-7,10-13,16-17,21,28-29,31,40H,8-9,14-15,18-20,22-24H2,(H,37,43)(H,38,42)(H,39,41)/t28-,29-,31+/m1/s1. The van der Waals surface area contributed by atoms with Crippen LogP contribution in [0.15, 0.2) is 84.9 Å². The molecule has 5 rings (SSSR count). The SMILES string of the molecule is O=C(C[C@H]1CC=CC[C@H](Cc2ccccc2)C(=O)OC[C@@H](C(=O)Nc2ccc3ccccc3c2)NC1=O)NC1(CO)CCCC1. The molecule has 1 saturated carbocycles. The molecule has 3 amide bonds. The molecule has 0 unspecified atom stereocenters. The lowest BCUT2D eigenvalue weighted by Crippen LogP contribution is -2.52. The summed E-state index contributed by atoms with van der Waals surface area (Å²) < 4.78 is 5.67. The van der Waals surface area contributed by atoms with Crippen molar-refractivity contribution < 1.29 is 29.0 Å². The number of carbonyl (C=O) groups excluding carboxylic acids is 4. The molecule has 1 aliphatic carbocycles. The van der Waals surface area contributed by atoms with Gasteiger partial charge in [0.1, 0.15) is 12.6 Å². The molecule has 45 heavy (non-hydrogen) atoms. The molecule has 0 aromatic heterocycles. The third-order valence-corrected chi connectivity index (χ3v) is 8.78. The fourth-order valence-electron chi connectivity index (χ4n) is 6.16. The van der Waals surface area contributed by atoms with Crippen molar-refractivity contribution in [3.63, 3.8) is 0 Å². The first-order chi connectivity index (χ1) is 21.8. The maximum Gasteiger partial charge on any atom is 0.309 e. The van der Waals surface area contributed by atoms with Gasteiger partial charge >= 0.3 is 5.97 Å². The number of anilines is 1. The molecule has 0 spiro atoms. The zero-order chi connectivity index (χ0) is 31.6. The minimum atomic E-state index is -1.18. The van der Waals surface area contributed by atoms with Crippen molar-refractivity contribution in [1.82, 2.24) is 10.6 Å². The molecule has 2 aliphatic rings. The first kappa shape index (κ1) is 31.9. The Hall–Kier alpha value is -4.50. The van der Waals surface area contributed by atoms with Gasteiger partial charge in [-0.1, -0.05) is 85.7 Å². The molecule has 1 heterocycles. The van der Waals surface area contributed by atoms with Crippen molar-refractivity contribution in [2.45, 2.75) is 62.9 Å². The van der Waals surface area contributed by atoms with Crippen molar-refractivity contribution in [3.05, 3.63) is 90.5 Å². The van der Waals surface area contributed by atoms with Gasteiger partial charge in [-0.15, -0.1) is 0 Å². The number of hydrogen-bond donors (Lipinski definition) is 4. The first-order valence-electron chi connectivity index (χ1n) is 15.7. The lowest BCUT2D eigenvalue weighted by molar-refractivity contribution is -0.150. The number of cyclic esters (lactones) is 1. The van der Waals surface area contributed by atoms with Gasteiger partial charge in [0.05, 0.1) is 24.0 Å². The van der Waals surface area contributed by atoms with Crippen LogP contribution in [0, 0.1) is 11.8 Å². The van der Waals surface area contributed by atoms with Gasteiger partial charge in [-0.25, -0.2) is 0 Å². The average Bonchev–Trinajstić information content (AvgIpc) is 3.52. The Morgan fingerprint density at radius 1 is 0.889 bits per heavy atom. The fourth-order valence-corrected chi connectivity index (χ4v) is 6.16. The molecule has 3 aromatic carbocycles. The average molecular weight is 612 g/mol. The van der Waals surface area contributed by atoms with Gasteiger partial charge < -0.3 is 25.8 Å². The summed E-state index contributed by atoms with van der Waals surface area (Å²) in [5, 5.41) is 20.5. The predicted molar refractivity (Wildman–Crippen MR) is 172 cm³/mol. The van der Waals surface area contributed by atoms with Crippen LogP contribution in [0.25, 0.3) is 10.8 Å². The lowest BCUT2D eigenvalue weighted by atomic mass is 9.93. The van der Waals surface area contributed by atoms with Crippen LogP contribution in [0.2, 0.25) is 0 Å². The second-order valence-electron chi connectivity index (χ2n) is 12.2. The number of benzene rings is 3. The molecule has 3 atom stereocenters. The van der Waals surface area contributed by atoms with Crippen molar-refractivity contribution >= 4 is 40.2 Å². The van der Waals surface area contributed by atoms with E-state index < -0.39 is 41.2 Å². The molecule has 3 aromatic rings. The molecule has 0 saturated heterocycles. The Balaban J connectivity index is 1.35. The van der Waals surface area contributed by atoms with Crippen LogP contribution in [0.3, 0.4) is 0 Å². The molecule has 0 radical (unpaired) electrons. The molecule has 4 N–H and O–H groups in total. The highest BCUT2D eigenvalue weighted by Crippen LogP contribution is 2.29. The quantitative estimate of drug-likeness (QED) is 0.220. The monoisotopic (exact) mass is 611 g/mol. The van der Waals surface area contributed by atoms with Gasteiger partial charge in [-0.2, -0.15) is 0 Å².